The van der Waals surface area contributed by atoms with Crippen molar-refractivity contribution < 1.29 is 0 Å². The fraction of sp³-hybridized carbons (Fsp3) is 0.304. The van der Waals surface area contributed by atoms with Crippen molar-refractivity contribution in [2.75, 3.05) is 6.54 Å². The van der Waals surface area contributed by atoms with Crippen LogP contribution >= 0.6 is 12.2 Å². The Bertz CT molecular complexity index is 933. The highest BCUT2D eigenvalue weighted by Crippen LogP contribution is 2.39. The summed E-state index contributed by atoms with van der Waals surface area (Å²) in [5.41, 5.74) is 4.67. The fourth-order valence-corrected chi connectivity index (χ4v) is 4.20. The SMILES string of the molecule is CCCCN1C(=S)NC(c2ccccn2)C1c1cccn1-c1ccc(C)cc1. The van der Waals surface area contributed by atoms with E-state index in [1.807, 2.05) is 18.3 Å². The molecule has 2 atom stereocenters. The number of benzene rings is 1. The third kappa shape index (κ3) is 3.54. The van der Waals surface area contributed by atoms with Crippen molar-refractivity contribution >= 4 is 17.3 Å². The van der Waals surface area contributed by atoms with E-state index in [4.69, 9.17) is 12.2 Å². The van der Waals surface area contributed by atoms with Crippen molar-refractivity contribution in [1.82, 2.24) is 19.8 Å². The number of nitrogens with one attached hydrogen (secondary N) is 1. The lowest BCUT2D eigenvalue weighted by Crippen LogP contribution is -2.31. The predicted octanol–water partition coefficient (Wildman–Crippen LogP) is 4.95. The van der Waals surface area contributed by atoms with Gasteiger partial charge in [-0.25, -0.2) is 0 Å². The second-order valence-electron chi connectivity index (χ2n) is 7.31. The van der Waals surface area contributed by atoms with Crippen molar-refractivity contribution in [3.8, 4) is 5.69 Å². The summed E-state index contributed by atoms with van der Waals surface area (Å²) in [4.78, 5) is 6.96. The molecule has 1 saturated heterocycles. The largest absolute Gasteiger partial charge is 0.352 e. The van der Waals surface area contributed by atoms with Gasteiger partial charge in [0.15, 0.2) is 5.11 Å². The summed E-state index contributed by atoms with van der Waals surface area (Å²) >= 11 is 5.74. The third-order valence-electron chi connectivity index (χ3n) is 5.35. The zero-order valence-electron chi connectivity index (χ0n) is 16.4. The number of rotatable bonds is 6. The Kier molecular flexibility index (Phi) is 5.44. The van der Waals surface area contributed by atoms with E-state index in [0.29, 0.717) is 0 Å². The van der Waals surface area contributed by atoms with Gasteiger partial charge < -0.3 is 14.8 Å². The van der Waals surface area contributed by atoms with Gasteiger partial charge in [-0.15, -0.1) is 0 Å². The summed E-state index contributed by atoms with van der Waals surface area (Å²) in [6, 6.07) is 19.2. The summed E-state index contributed by atoms with van der Waals surface area (Å²) in [7, 11) is 0. The molecule has 3 heterocycles. The Hall–Kier alpha value is -2.66. The van der Waals surface area contributed by atoms with Gasteiger partial charge in [0.25, 0.3) is 0 Å². The minimum Gasteiger partial charge on any atom is -0.352 e. The first-order valence-corrected chi connectivity index (χ1v) is 10.3. The highest BCUT2D eigenvalue weighted by atomic mass is 32.1. The van der Waals surface area contributed by atoms with E-state index in [1.54, 1.807) is 0 Å². The van der Waals surface area contributed by atoms with Gasteiger partial charge in [-0.05, 0) is 62.0 Å². The summed E-state index contributed by atoms with van der Waals surface area (Å²) in [5, 5.41) is 4.35. The van der Waals surface area contributed by atoms with Gasteiger partial charge in [0, 0.05) is 30.3 Å². The zero-order valence-corrected chi connectivity index (χ0v) is 17.2. The Morgan fingerprint density at radius 1 is 1.07 bits per heavy atom. The van der Waals surface area contributed by atoms with Crippen LogP contribution in [0.3, 0.4) is 0 Å². The minimum atomic E-state index is 0.0321. The molecule has 1 N–H and O–H groups in total. The molecule has 4 nitrogen and oxygen atoms in total. The number of thiocarbonyl (C=S) groups is 1. The average Bonchev–Trinajstić information content (AvgIpc) is 3.32. The summed E-state index contributed by atoms with van der Waals surface area (Å²) in [6.07, 6.45) is 6.23. The summed E-state index contributed by atoms with van der Waals surface area (Å²) < 4.78 is 2.27. The molecular weight excluding hydrogens is 364 g/mol. The standard InChI is InChI=1S/C23H26N4S/c1-3-4-15-27-22(21(25-23(27)28)19-8-5-6-14-24-19)20-9-7-16-26(20)18-12-10-17(2)11-13-18/h5-14,16,21-22H,3-4,15H2,1-2H3,(H,25,28). The van der Waals surface area contributed by atoms with Crippen LogP contribution in [0.25, 0.3) is 5.69 Å². The number of aryl methyl sites for hydroxylation is 1. The Balaban J connectivity index is 1.78. The van der Waals surface area contributed by atoms with E-state index in [1.165, 1.54) is 16.9 Å². The molecule has 1 aliphatic rings. The van der Waals surface area contributed by atoms with Crippen LogP contribution in [-0.2, 0) is 0 Å². The van der Waals surface area contributed by atoms with E-state index in [9.17, 15) is 0 Å². The van der Waals surface area contributed by atoms with Crippen LogP contribution in [-0.4, -0.2) is 26.1 Å². The van der Waals surface area contributed by atoms with Crippen LogP contribution < -0.4 is 5.32 Å². The van der Waals surface area contributed by atoms with Gasteiger partial charge in [0.2, 0.25) is 0 Å². The molecule has 0 saturated carbocycles. The van der Waals surface area contributed by atoms with E-state index in [-0.39, 0.29) is 12.1 Å². The van der Waals surface area contributed by atoms with Crippen LogP contribution in [0, 0.1) is 6.92 Å². The second-order valence-corrected chi connectivity index (χ2v) is 7.70. The average molecular weight is 391 g/mol. The van der Waals surface area contributed by atoms with Crippen LogP contribution in [0.2, 0.25) is 0 Å². The van der Waals surface area contributed by atoms with Crippen molar-refractivity contribution in [1.29, 1.82) is 0 Å². The topological polar surface area (TPSA) is 33.1 Å². The molecule has 2 unspecified atom stereocenters. The van der Waals surface area contributed by atoms with Gasteiger partial charge in [-0.3, -0.25) is 4.98 Å². The van der Waals surface area contributed by atoms with Crippen LogP contribution in [0.1, 0.15) is 48.8 Å². The first-order chi connectivity index (χ1) is 13.7. The number of nitrogens with zero attached hydrogens (tertiary/aromatic N) is 3. The second kappa shape index (κ2) is 8.15. The molecule has 28 heavy (non-hydrogen) atoms. The first-order valence-electron chi connectivity index (χ1n) is 9.91. The lowest BCUT2D eigenvalue weighted by molar-refractivity contribution is 0.304. The van der Waals surface area contributed by atoms with Crippen molar-refractivity contribution in [2.45, 2.75) is 38.8 Å². The molecule has 0 bridgehead atoms. The maximum absolute atomic E-state index is 5.74. The summed E-state index contributed by atoms with van der Waals surface area (Å²) in [5.74, 6) is 0. The molecule has 0 aliphatic carbocycles. The van der Waals surface area contributed by atoms with Crippen molar-refractivity contribution in [3.63, 3.8) is 0 Å². The molecule has 2 aromatic heterocycles. The minimum absolute atomic E-state index is 0.0321. The predicted molar refractivity (Wildman–Crippen MR) is 118 cm³/mol. The molecule has 1 aromatic carbocycles. The number of pyridine rings is 1. The fourth-order valence-electron chi connectivity index (χ4n) is 3.87. The van der Waals surface area contributed by atoms with E-state index in [0.717, 1.165) is 30.2 Å². The van der Waals surface area contributed by atoms with Gasteiger partial charge in [0.05, 0.1) is 17.8 Å². The van der Waals surface area contributed by atoms with Crippen molar-refractivity contribution in [3.05, 3.63) is 83.9 Å². The molecule has 4 rings (SSSR count). The smallest absolute Gasteiger partial charge is 0.170 e. The number of unbranched alkanes of at least 4 members (excludes halogenated alkanes) is 1. The number of hydrogen-bond acceptors (Lipinski definition) is 2. The van der Waals surface area contributed by atoms with Gasteiger partial charge >= 0.3 is 0 Å². The molecule has 144 valence electrons. The Morgan fingerprint density at radius 2 is 1.89 bits per heavy atom. The Morgan fingerprint density at radius 3 is 2.61 bits per heavy atom. The highest BCUT2D eigenvalue weighted by Gasteiger charge is 2.40. The lowest BCUT2D eigenvalue weighted by atomic mass is 10.0. The maximum atomic E-state index is 5.74. The van der Waals surface area contributed by atoms with E-state index >= 15 is 0 Å². The molecule has 0 amide bonds. The van der Waals surface area contributed by atoms with Gasteiger partial charge in [-0.2, -0.15) is 0 Å². The molecule has 1 fully saturated rings. The highest BCUT2D eigenvalue weighted by molar-refractivity contribution is 7.80. The maximum Gasteiger partial charge on any atom is 0.170 e. The number of hydrogen-bond donors (Lipinski definition) is 1. The third-order valence-corrected chi connectivity index (χ3v) is 5.70. The van der Waals surface area contributed by atoms with Gasteiger partial charge in [0.1, 0.15) is 0 Å². The van der Waals surface area contributed by atoms with Crippen LogP contribution in [0.15, 0.2) is 67.0 Å². The zero-order chi connectivity index (χ0) is 19.5. The molecule has 5 heteroatoms. The number of aromatic nitrogens is 2. The van der Waals surface area contributed by atoms with E-state index in [2.05, 4.69) is 82.3 Å². The summed E-state index contributed by atoms with van der Waals surface area (Å²) in [6.45, 7) is 5.27. The normalized spacial score (nSPS) is 19.1. The Labute approximate surface area is 172 Å². The monoisotopic (exact) mass is 390 g/mol. The molecule has 0 spiro atoms. The molecular formula is C23H26N4S. The lowest BCUT2D eigenvalue weighted by Gasteiger charge is -2.29. The molecule has 1 aliphatic heterocycles. The van der Waals surface area contributed by atoms with Gasteiger partial charge in [-0.1, -0.05) is 37.1 Å². The molecule has 0 radical (unpaired) electrons. The van der Waals surface area contributed by atoms with Crippen molar-refractivity contribution in [2.24, 2.45) is 0 Å². The molecule has 3 aromatic rings. The van der Waals surface area contributed by atoms with Crippen LogP contribution in [0.5, 0.6) is 0 Å². The van der Waals surface area contributed by atoms with E-state index < -0.39 is 0 Å². The van der Waals surface area contributed by atoms with Crippen LogP contribution in [0.4, 0.5) is 0 Å². The quantitative estimate of drug-likeness (QED) is 0.604. The first kappa shape index (κ1) is 18.7.